The Morgan fingerprint density at radius 2 is 0.841 bits per heavy atom. The Labute approximate surface area is 273 Å². The summed E-state index contributed by atoms with van der Waals surface area (Å²) in [5, 5.41) is 9.53. The van der Waals surface area contributed by atoms with Crippen molar-refractivity contribution in [2.45, 2.75) is 213 Å². The maximum absolute atomic E-state index is 12.1. The number of ether oxygens (including phenoxy) is 2. The number of carbonyl (C=O) groups excluding carboxylic acids is 2. The lowest BCUT2D eigenvalue weighted by atomic mass is 10.0. The van der Waals surface area contributed by atoms with Gasteiger partial charge in [0.1, 0.15) is 6.61 Å². The van der Waals surface area contributed by atoms with Crippen LogP contribution in [0.25, 0.3) is 0 Å². The molecule has 1 N–H and O–H groups in total. The number of aliphatic hydroxyl groups is 1. The van der Waals surface area contributed by atoms with Gasteiger partial charge in [-0.2, -0.15) is 0 Å². The number of carbonyl (C=O) groups is 2. The third-order valence-corrected chi connectivity index (χ3v) is 8.56. The van der Waals surface area contributed by atoms with Crippen LogP contribution in [0, 0.1) is 0 Å². The molecule has 260 valence electrons. The number of rotatable bonds is 35. The summed E-state index contributed by atoms with van der Waals surface area (Å²) in [6, 6.07) is 0. The van der Waals surface area contributed by atoms with Gasteiger partial charge in [-0.15, -0.1) is 0 Å². The molecule has 0 bridgehead atoms. The standard InChI is InChI=1S/C39H74O5/c1-3-5-7-9-11-13-15-17-19-21-23-25-27-29-31-33-38(41)43-36-37(35-40)44-39(42)34-32-30-28-26-24-22-20-18-16-14-12-10-8-6-4-2/h18,20,37,40H,3-17,19,21-36H2,1-2H3/t37-/m0/s1. The van der Waals surface area contributed by atoms with E-state index in [0.717, 1.165) is 44.9 Å². The van der Waals surface area contributed by atoms with Crippen molar-refractivity contribution in [3.05, 3.63) is 12.2 Å². The Hall–Kier alpha value is -1.36. The van der Waals surface area contributed by atoms with Gasteiger partial charge in [0, 0.05) is 12.8 Å². The lowest BCUT2D eigenvalue weighted by Crippen LogP contribution is -2.28. The fraction of sp³-hybridized carbons (Fsp3) is 0.897. The van der Waals surface area contributed by atoms with Gasteiger partial charge < -0.3 is 14.6 Å². The molecule has 0 aliphatic rings. The maximum atomic E-state index is 12.1. The van der Waals surface area contributed by atoms with Crippen LogP contribution in [0.4, 0.5) is 0 Å². The molecule has 0 heterocycles. The molecule has 0 aromatic rings. The monoisotopic (exact) mass is 623 g/mol. The molecule has 44 heavy (non-hydrogen) atoms. The van der Waals surface area contributed by atoms with Crippen LogP contribution in [-0.2, 0) is 19.1 Å². The lowest BCUT2D eigenvalue weighted by molar-refractivity contribution is -0.161. The zero-order valence-electron chi connectivity index (χ0n) is 29.4. The second-order valence-electron chi connectivity index (χ2n) is 13.0. The van der Waals surface area contributed by atoms with Crippen molar-refractivity contribution < 1.29 is 24.2 Å². The highest BCUT2D eigenvalue weighted by atomic mass is 16.6. The van der Waals surface area contributed by atoms with Gasteiger partial charge in [-0.1, -0.05) is 167 Å². The van der Waals surface area contributed by atoms with Crippen LogP contribution in [0.5, 0.6) is 0 Å². The largest absolute Gasteiger partial charge is 0.462 e. The highest BCUT2D eigenvalue weighted by molar-refractivity contribution is 5.70. The number of esters is 2. The lowest BCUT2D eigenvalue weighted by Gasteiger charge is -2.15. The van der Waals surface area contributed by atoms with Crippen LogP contribution in [0.3, 0.4) is 0 Å². The molecule has 0 saturated heterocycles. The SMILES string of the molecule is CCCCCCCCC=CCCCCCCCC(=O)O[C@@H](CO)COC(=O)CCCCCCCCCCCCCCCCC. The van der Waals surface area contributed by atoms with E-state index >= 15 is 0 Å². The minimum absolute atomic E-state index is 0.0633. The number of unbranched alkanes of at least 4 members (excludes halogenated alkanes) is 25. The normalized spacial score (nSPS) is 12.2. The Morgan fingerprint density at radius 1 is 0.500 bits per heavy atom. The number of hydrogen-bond donors (Lipinski definition) is 1. The number of aliphatic hydroxyl groups excluding tert-OH is 1. The van der Waals surface area contributed by atoms with Crippen LogP contribution in [0.15, 0.2) is 12.2 Å². The summed E-state index contributed by atoms with van der Waals surface area (Å²) in [7, 11) is 0. The van der Waals surface area contributed by atoms with E-state index in [1.54, 1.807) is 0 Å². The van der Waals surface area contributed by atoms with E-state index in [1.165, 1.54) is 135 Å². The van der Waals surface area contributed by atoms with Crippen molar-refractivity contribution >= 4 is 11.9 Å². The number of hydrogen-bond acceptors (Lipinski definition) is 5. The van der Waals surface area contributed by atoms with Crippen molar-refractivity contribution in [3.8, 4) is 0 Å². The first-order chi connectivity index (χ1) is 21.6. The summed E-state index contributed by atoms with van der Waals surface area (Å²) < 4.78 is 10.6. The van der Waals surface area contributed by atoms with Crippen LogP contribution in [0.1, 0.15) is 206 Å². The van der Waals surface area contributed by atoms with E-state index in [1.807, 2.05) is 0 Å². The molecule has 0 unspecified atom stereocenters. The summed E-state index contributed by atoms with van der Waals surface area (Å²) in [6.07, 6.45) is 39.8. The van der Waals surface area contributed by atoms with E-state index in [-0.39, 0.29) is 25.2 Å². The van der Waals surface area contributed by atoms with E-state index in [9.17, 15) is 14.7 Å². The van der Waals surface area contributed by atoms with Gasteiger partial charge in [-0.3, -0.25) is 9.59 Å². The third kappa shape index (κ3) is 33.5. The average molecular weight is 623 g/mol. The molecule has 0 fully saturated rings. The zero-order chi connectivity index (χ0) is 32.2. The van der Waals surface area contributed by atoms with Crippen molar-refractivity contribution in [3.63, 3.8) is 0 Å². The molecule has 0 saturated carbocycles. The van der Waals surface area contributed by atoms with E-state index < -0.39 is 6.10 Å². The van der Waals surface area contributed by atoms with Gasteiger partial charge in [-0.05, 0) is 38.5 Å². The molecule has 0 aromatic carbocycles. The Kier molecular flexibility index (Phi) is 35.0. The Morgan fingerprint density at radius 3 is 1.23 bits per heavy atom. The maximum Gasteiger partial charge on any atom is 0.306 e. The van der Waals surface area contributed by atoms with Gasteiger partial charge in [0.05, 0.1) is 6.61 Å². The molecule has 0 spiro atoms. The van der Waals surface area contributed by atoms with Crippen molar-refractivity contribution in [2.75, 3.05) is 13.2 Å². The molecule has 0 aliphatic carbocycles. The summed E-state index contributed by atoms with van der Waals surface area (Å²) in [5.41, 5.74) is 0. The fourth-order valence-electron chi connectivity index (χ4n) is 5.61. The molecule has 1 atom stereocenters. The minimum atomic E-state index is -0.768. The molecule has 0 amide bonds. The quantitative estimate of drug-likeness (QED) is 0.0432. The van der Waals surface area contributed by atoms with Crippen molar-refractivity contribution in [2.24, 2.45) is 0 Å². The van der Waals surface area contributed by atoms with Gasteiger partial charge in [0.15, 0.2) is 6.10 Å². The molecule has 5 nitrogen and oxygen atoms in total. The van der Waals surface area contributed by atoms with Crippen molar-refractivity contribution in [1.29, 1.82) is 0 Å². The molecule has 5 heteroatoms. The topological polar surface area (TPSA) is 72.8 Å². The second kappa shape index (κ2) is 36.1. The summed E-state index contributed by atoms with van der Waals surface area (Å²) in [4.78, 5) is 24.2. The predicted molar refractivity (Wildman–Crippen MR) is 187 cm³/mol. The van der Waals surface area contributed by atoms with Gasteiger partial charge in [0.2, 0.25) is 0 Å². The van der Waals surface area contributed by atoms with Crippen LogP contribution in [-0.4, -0.2) is 36.4 Å². The molecular formula is C39H74O5. The molecule has 0 rings (SSSR count). The predicted octanol–water partition coefficient (Wildman–Crippen LogP) is 11.7. The first-order valence-corrected chi connectivity index (χ1v) is 19.2. The number of allylic oxidation sites excluding steroid dienone is 2. The van der Waals surface area contributed by atoms with Gasteiger partial charge in [-0.25, -0.2) is 0 Å². The zero-order valence-corrected chi connectivity index (χ0v) is 29.4. The third-order valence-electron chi connectivity index (χ3n) is 8.56. The van der Waals surface area contributed by atoms with E-state index in [4.69, 9.17) is 9.47 Å². The summed E-state index contributed by atoms with van der Waals surface area (Å²) in [5.74, 6) is -0.591. The smallest absolute Gasteiger partial charge is 0.306 e. The van der Waals surface area contributed by atoms with Crippen molar-refractivity contribution in [1.82, 2.24) is 0 Å². The highest BCUT2D eigenvalue weighted by Gasteiger charge is 2.16. The first-order valence-electron chi connectivity index (χ1n) is 19.2. The van der Waals surface area contributed by atoms with Crippen LogP contribution >= 0.6 is 0 Å². The molecule has 0 aromatic heterocycles. The fourth-order valence-corrected chi connectivity index (χ4v) is 5.61. The summed E-state index contributed by atoms with van der Waals surface area (Å²) >= 11 is 0. The average Bonchev–Trinajstić information content (AvgIpc) is 3.02. The molecule has 0 aliphatic heterocycles. The summed E-state index contributed by atoms with van der Waals surface area (Å²) in [6.45, 7) is 4.14. The molecular weight excluding hydrogens is 548 g/mol. The Balaban J connectivity index is 3.53. The van der Waals surface area contributed by atoms with Gasteiger partial charge in [0.25, 0.3) is 0 Å². The van der Waals surface area contributed by atoms with Gasteiger partial charge >= 0.3 is 11.9 Å². The van der Waals surface area contributed by atoms with E-state index in [2.05, 4.69) is 26.0 Å². The molecule has 0 radical (unpaired) electrons. The van der Waals surface area contributed by atoms with Crippen LogP contribution < -0.4 is 0 Å². The first kappa shape index (κ1) is 42.6. The highest BCUT2D eigenvalue weighted by Crippen LogP contribution is 2.14. The Bertz CT molecular complexity index is 632. The van der Waals surface area contributed by atoms with Crippen LogP contribution in [0.2, 0.25) is 0 Å². The minimum Gasteiger partial charge on any atom is -0.462 e. The van der Waals surface area contributed by atoms with E-state index in [0.29, 0.717) is 12.8 Å². The second-order valence-corrected chi connectivity index (χ2v) is 13.0.